The predicted molar refractivity (Wildman–Crippen MR) is 173 cm³/mol. The lowest BCUT2D eigenvalue weighted by molar-refractivity contribution is -0.168. The summed E-state index contributed by atoms with van der Waals surface area (Å²) in [5.74, 6) is -1.11. The number of halogens is 3. The van der Waals surface area contributed by atoms with Gasteiger partial charge in [0, 0.05) is 35.3 Å². The number of sulfonamides is 1. The van der Waals surface area contributed by atoms with Crippen LogP contribution in [0.5, 0.6) is 0 Å². The van der Waals surface area contributed by atoms with Crippen molar-refractivity contribution in [3.8, 4) is 0 Å². The molecule has 3 aliphatic rings. The summed E-state index contributed by atoms with van der Waals surface area (Å²) in [4.78, 5) is 44.7. The number of hydrogen-bond donors (Lipinski definition) is 1. The number of benzene rings is 3. The molecule has 3 amide bonds. The highest BCUT2D eigenvalue weighted by atomic mass is 35.5. The Morgan fingerprint density at radius 3 is 2.17 bits per heavy atom. The number of nitrogens with zero attached hydrogens (tertiary/aromatic N) is 4. The third kappa shape index (κ3) is 6.01. The van der Waals surface area contributed by atoms with E-state index in [2.05, 4.69) is 0 Å². The van der Waals surface area contributed by atoms with Gasteiger partial charge in [0.1, 0.15) is 23.1 Å². The minimum absolute atomic E-state index is 0.0276. The second-order valence-electron chi connectivity index (χ2n) is 11.0. The van der Waals surface area contributed by atoms with Crippen LogP contribution in [0.4, 0.5) is 4.79 Å². The average molecular weight is 702 g/mol. The van der Waals surface area contributed by atoms with Crippen molar-refractivity contribution < 1.29 is 27.9 Å². The van der Waals surface area contributed by atoms with Gasteiger partial charge >= 0.3 is 6.09 Å². The molecule has 1 aliphatic carbocycles. The highest BCUT2D eigenvalue weighted by molar-refractivity contribution is 7.89. The number of fused-ring (bicyclic) bond motifs is 1. The Hall–Kier alpha value is -3.87. The van der Waals surface area contributed by atoms with Gasteiger partial charge in [0.05, 0.1) is 11.6 Å². The van der Waals surface area contributed by atoms with Crippen molar-refractivity contribution in [1.29, 1.82) is 0 Å². The van der Waals surface area contributed by atoms with Gasteiger partial charge in [0.25, 0.3) is 0 Å². The first-order valence-electron chi connectivity index (χ1n) is 14.2. The molecule has 0 radical (unpaired) electrons. The van der Waals surface area contributed by atoms with Gasteiger partial charge in [-0.1, -0.05) is 83.3 Å². The number of piperazine rings is 1. The first-order chi connectivity index (χ1) is 22.0. The zero-order valence-electron chi connectivity index (χ0n) is 24.0. The van der Waals surface area contributed by atoms with E-state index < -0.39 is 52.7 Å². The summed E-state index contributed by atoms with van der Waals surface area (Å²) in [6.45, 7) is -0.883. The molecule has 6 rings (SSSR count). The third-order valence-corrected chi connectivity index (χ3v) is 11.1. The van der Waals surface area contributed by atoms with Crippen molar-refractivity contribution in [3.05, 3.63) is 123 Å². The van der Waals surface area contributed by atoms with Gasteiger partial charge in [0.2, 0.25) is 21.8 Å². The minimum atomic E-state index is -4.49. The lowest BCUT2D eigenvalue weighted by atomic mass is 9.95. The lowest BCUT2D eigenvalue weighted by Crippen LogP contribution is -2.76. The Labute approximate surface area is 280 Å². The van der Waals surface area contributed by atoms with Crippen LogP contribution in [-0.2, 0) is 32.6 Å². The fraction of sp³-hybridized carbons (Fsp3) is 0.219. The van der Waals surface area contributed by atoms with E-state index in [9.17, 15) is 27.9 Å². The Balaban J connectivity index is 1.49. The largest absolute Gasteiger partial charge is 0.465 e. The average Bonchev–Trinajstić information content (AvgIpc) is 2.98. The maximum absolute atomic E-state index is 14.5. The first-order valence-corrected chi connectivity index (χ1v) is 16.8. The molecule has 2 aliphatic heterocycles. The van der Waals surface area contributed by atoms with Crippen LogP contribution >= 0.6 is 34.8 Å². The third-order valence-electron chi connectivity index (χ3n) is 8.26. The van der Waals surface area contributed by atoms with Crippen LogP contribution in [0.1, 0.15) is 11.1 Å². The van der Waals surface area contributed by atoms with Gasteiger partial charge in [-0.25, -0.2) is 13.2 Å². The van der Waals surface area contributed by atoms with Crippen molar-refractivity contribution in [2.75, 3.05) is 13.1 Å². The van der Waals surface area contributed by atoms with E-state index in [1.54, 1.807) is 72.8 Å². The number of carboxylic acid groups (broad SMARTS) is 1. The van der Waals surface area contributed by atoms with Crippen molar-refractivity contribution >= 4 is 62.7 Å². The summed E-state index contributed by atoms with van der Waals surface area (Å²) in [7, 11) is -4.49. The van der Waals surface area contributed by atoms with Crippen LogP contribution in [0.3, 0.4) is 0 Å². The number of hydrogen-bond acceptors (Lipinski definition) is 5. The van der Waals surface area contributed by atoms with Gasteiger partial charge < -0.3 is 14.9 Å². The molecule has 3 atom stereocenters. The van der Waals surface area contributed by atoms with Crippen molar-refractivity contribution in [2.24, 2.45) is 0 Å². The number of allylic oxidation sites excluding steroid dienone is 3. The van der Waals surface area contributed by atoms with Crippen molar-refractivity contribution in [2.45, 2.75) is 36.1 Å². The number of amides is 3. The molecule has 3 aromatic rings. The van der Waals surface area contributed by atoms with Crippen LogP contribution in [-0.4, -0.2) is 81.8 Å². The summed E-state index contributed by atoms with van der Waals surface area (Å²) >= 11 is 18.6. The fourth-order valence-electron chi connectivity index (χ4n) is 5.94. The molecule has 0 aromatic heterocycles. The van der Waals surface area contributed by atoms with E-state index in [-0.39, 0.29) is 34.5 Å². The normalized spacial score (nSPS) is 21.5. The van der Waals surface area contributed by atoms with Crippen molar-refractivity contribution in [1.82, 2.24) is 19.0 Å². The number of carbonyl (C=O) groups excluding carboxylic acids is 2. The zero-order valence-corrected chi connectivity index (χ0v) is 27.1. The summed E-state index contributed by atoms with van der Waals surface area (Å²) in [5, 5.41) is 10.9. The van der Waals surface area contributed by atoms with E-state index in [0.29, 0.717) is 21.8 Å². The van der Waals surface area contributed by atoms with E-state index >= 15 is 0 Å². The minimum Gasteiger partial charge on any atom is -0.465 e. The maximum atomic E-state index is 14.5. The molecular formula is C32H27Cl3N4O6S. The molecular weight excluding hydrogens is 675 g/mol. The molecule has 3 aromatic carbocycles. The molecule has 1 N–H and O–H groups in total. The molecule has 0 spiro atoms. The number of rotatable bonds is 8. The fourth-order valence-corrected chi connectivity index (χ4v) is 8.39. The Kier molecular flexibility index (Phi) is 8.88. The maximum Gasteiger partial charge on any atom is 0.408 e. The molecule has 238 valence electrons. The van der Waals surface area contributed by atoms with Crippen LogP contribution in [0.2, 0.25) is 15.1 Å². The lowest BCUT2D eigenvalue weighted by Gasteiger charge is -2.54. The Morgan fingerprint density at radius 1 is 0.891 bits per heavy atom. The Bertz CT molecular complexity index is 1870. The molecule has 2 heterocycles. The van der Waals surface area contributed by atoms with Gasteiger partial charge in [-0.15, -0.1) is 0 Å². The second-order valence-corrected chi connectivity index (χ2v) is 14.2. The van der Waals surface area contributed by atoms with E-state index in [0.717, 1.165) is 9.21 Å². The molecule has 3 unspecified atom stereocenters. The van der Waals surface area contributed by atoms with Crippen LogP contribution < -0.4 is 0 Å². The number of carbonyl (C=O) groups is 3. The first kappa shape index (κ1) is 32.1. The van der Waals surface area contributed by atoms with Crippen molar-refractivity contribution in [3.63, 3.8) is 0 Å². The van der Waals surface area contributed by atoms with E-state index in [4.69, 9.17) is 34.8 Å². The van der Waals surface area contributed by atoms with Gasteiger partial charge in [-0.2, -0.15) is 4.31 Å². The highest BCUT2D eigenvalue weighted by Crippen LogP contribution is 2.37. The van der Waals surface area contributed by atoms with Crippen LogP contribution in [0.15, 0.2) is 102 Å². The molecule has 0 bridgehead atoms. The standard InChI is InChI=1S/C32H27Cl3N4O6S/c33-22-11-9-20(10-12-22)15-26-30(40)36(24-7-4-8-24)19-29-38(46(44,45)28-14-13-23(34)16-25(28)35)18-27(31(41)39(26)29)37(32(42)43)17-21-5-2-1-3-6-21/h1-14,16,26-27,29H,15,17-19H2,(H,42,43). The van der Waals surface area contributed by atoms with Gasteiger partial charge in [0.15, 0.2) is 0 Å². The van der Waals surface area contributed by atoms with E-state index in [1.807, 2.05) is 0 Å². The molecule has 2 saturated heterocycles. The molecule has 10 nitrogen and oxygen atoms in total. The topological polar surface area (TPSA) is 119 Å². The molecule has 0 saturated carbocycles. The summed E-state index contributed by atoms with van der Waals surface area (Å²) in [6.07, 6.45) is 2.62. The summed E-state index contributed by atoms with van der Waals surface area (Å²) in [6, 6.07) is 16.7. The zero-order chi connectivity index (χ0) is 32.7. The SMILES string of the molecule is O=C1C(Cc2ccc(Cl)cc2)N2C(=O)C(N(Cc3ccccc3)C(=O)O)CN(S(=O)(=O)c3ccc(Cl)cc3Cl)C2CN1C1=CC=C1. The van der Waals surface area contributed by atoms with Gasteiger partial charge in [-0.3, -0.25) is 14.5 Å². The second kappa shape index (κ2) is 12.7. The molecule has 14 heteroatoms. The highest BCUT2D eigenvalue weighted by Gasteiger charge is 2.56. The predicted octanol–water partition coefficient (Wildman–Crippen LogP) is 5.26. The summed E-state index contributed by atoms with van der Waals surface area (Å²) in [5.41, 5.74) is 1.83. The van der Waals surface area contributed by atoms with E-state index in [1.165, 1.54) is 28.0 Å². The summed E-state index contributed by atoms with van der Waals surface area (Å²) < 4.78 is 30.0. The molecule has 46 heavy (non-hydrogen) atoms. The monoisotopic (exact) mass is 700 g/mol. The van der Waals surface area contributed by atoms with Crippen LogP contribution in [0, 0.1) is 0 Å². The van der Waals surface area contributed by atoms with Gasteiger partial charge in [-0.05, 0) is 53.6 Å². The van der Waals surface area contributed by atoms with Crippen LogP contribution in [0.25, 0.3) is 0 Å². The molecule has 2 fully saturated rings. The Morgan fingerprint density at radius 2 is 1.57 bits per heavy atom. The smallest absolute Gasteiger partial charge is 0.408 e. The quantitative estimate of drug-likeness (QED) is 0.343.